The lowest BCUT2D eigenvalue weighted by Crippen LogP contribution is -2.00. The monoisotopic (exact) mass is 687 g/mol. The lowest BCUT2D eigenvalue weighted by Gasteiger charge is -2.13. The molecule has 0 aliphatic carbocycles. The van der Waals surface area contributed by atoms with E-state index in [4.69, 9.17) is 15.0 Å². The van der Waals surface area contributed by atoms with Crippen molar-refractivity contribution in [1.82, 2.24) is 23.8 Å². The topological polar surface area (TPSA) is 47.5 Å². The number of hydrogen-bond donors (Lipinski definition) is 0. The Balaban J connectivity index is 1.31. The van der Waals surface area contributed by atoms with Crippen molar-refractivity contribution >= 4 is 76.2 Å². The van der Waals surface area contributed by atoms with Crippen LogP contribution in [0.5, 0.6) is 0 Å². The molecule has 0 saturated heterocycles. The smallest absolute Gasteiger partial charge is 0.164 e. The molecular weight excluding hydrogens is 659 g/mol. The molecule has 0 aliphatic heterocycles. The Bertz CT molecular complexity index is 3430. The fourth-order valence-electron chi connectivity index (χ4n) is 8.75. The molecule has 12 aromatic rings. The van der Waals surface area contributed by atoms with Gasteiger partial charge >= 0.3 is 0 Å². The van der Waals surface area contributed by atoms with Crippen LogP contribution < -0.4 is 0 Å². The molecule has 5 nitrogen and oxygen atoms in total. The van der Waals surface area contributed by atoms with E-state index < -0.39 is 0 Å². The Labute approximate surface area is 309 Å². The van der Waals surface area contributed by atoms with E-state index in [0.717, 1.165) is 38.6 Å². The van der Waals surface area contributed by atoms with Gasteiger partial charge in [0.25, 0.3) is 0 Å². The third-order valence-corrected chi connectivity index (χ3v) is 11.1. The molecule has 0 aliphatic rings. The van der Waals surface area contributed by atoms with Gasteiger partial charge in [0.2, 0.25) is 0 Å². The standard InChI is InChI=1S/C49H29N5/c1-3-14-30(15-4-1)47-50-48(31-16-5-2-6-17-31)52-49(51-47)33-26-27-36-39-28-32-18-7-8-19-34(32)44-38-21-10-12-24-41(38)53(46(39)44)42-25-13-22-37-35-20-9-11-23-40(35)54(45(37)42)43(36)29-33/h1-29H. The first-order valence-corrected chi connectivity index (χ1v) is 18.3. The first kappa shape index (κ1) is 29.2. The summed E-state index contributed by atoms with van der Waals surface area (Å²) in [7, 11) is 0. The molecule has 4 aromatic heterocycles. The molecule has 4 heterocycles. The van der Waals surface area contributed by atoms with E-state index in [2.05, 4.69) is 148 Å². The van der Waals surface area contributed by atoms with E-state index in [1.54, 1.807) is 0 Å². The van der Waals surface area contributed by atoms with E-state index in [0.29, 0.717) is 17.5 Å². The van der Waals surface area contributed by atoms with Gasteiger partial charge < -0.3 is 8.80 Å². The zero-order chi connectivity index (χ0) is 35.3. The highest BCUT2D eigenvalue weighted by molar-refractivity contribution is 6.30. The zero-order valence-electron chi connectivity index (χ0n) is 29.0. The molecule has 5 heteroatoms. The summed E-state index contributed by atoms with van der Waals surface area (Å²) in [6, 6.07) is 62.6. The minimum absolute atomic E-state index is 0.631. The fourth-order valence-corrected chi connectivity index (χ4v) is 8.75. The minimum Gasteiger partial charge on any atom is -0.307 e. The van der Waals surface area contributed by atoms with Crippen molar-refractivity contribution in [2.24, 2.45) is 0 Å². The Morgan fingerprint density at radius 2 is 0.815 bits per heavy atom. The number of fused-ring (bicyclic) bond motifs is 12. The van der Waals surface area contributed by atoms with Crippen LogP contribution in [0.15, 0.2) is 176 Å². The second-order valence-corrected chi connectivity index (χ2v) is 14.0. The number of benzene rings is 8. The highest BCUT2D eigenvalue weighted by Crippen LogP contribution is 2.43. The van der Waals surface area contributed by atoms with Gasteiger partial charge in [-0.1, -0.05) is 146 Å². The van der Waals surface area contributed by atoms with Crippen LogP contribution in [0.2, 0.25) is 0 Å². The van der Waals surface area contributed by atoms with Crippen LogP contribution in [0.4, 0.5) is 0 Å². The molecular formula is C49H29N5. The van der Waals surface area contributed by atoms with Crippen LogP contribution in [-0.2, 0) is 0 Å². The summed E-state index contributed by atoms with van der Waals surface area (Å²) in [5.74, 6) is 1.92. The molecule has 0 spiro atoms. The summed E-state index contributed by atoms with van der Waals surface area (Å²) < 4.78 is 4.97. The first-order chi connectivity index (χ1) is 26.8. The molecule has 0 radical (unpaired) electrons. The first-order valence-electron chi connectivity index (χ1n) is 18.3. The number of hydrogen-bond acceptors (Lipinski definition) is 3. The van der Waals surface area contributed by atoms with Crippen molar-refractivity contribution < 1.29 is 0 Å². The number of rotatable bonds is 3. The molecule has 0 atom stereocenters. The van der Waals surface area contributed by atoms with Crippen molar-refractivity contribution in [1.29, 1.82) is 0 Å². The normalized spacial score (nSPS) is 12.1. The Morgan fingerprint density at radius 3 is 1.54 bits per heavy atom. The Hall–Kier alpha value is -7.37. The van der Waals surface area contributed by atoms with Gasteiger partial charge in [-0.25, -0.2) is 15.0 Å². The van der Waals surface area contributed by atoms with E-state index in [1.807, 2.05) is 36.4 Å². The molecule has 0 fully saturated rings. The average molecular weight is 688 g/mol. The second kappa shape index (κ2) is 11.1. The van der Waals surface area contributed by atoms with Crippen molar-refractivity contribution in [2.45, 2.75) is 0 Å². The van der Waals surface area contributed by atoms with Crippen molar-refractivity contribution in [2.75, 3.05) is 0 Å². The summed E-state index contributed by atoms with van der Waals surface area (Å²) in [5, 5.41) is 9.75. The average Bonchev–Trinajstić information content (AvgIpc) is 3.77. The maximum absolute atomic E-state index is 5.14. The third-order valence-electron chi connectivity index (χ3n) is 11.1. The zero-order valence-corrected chi connectivity index (χ0v) is 29.0. The quantitative estimate of drug-likeness (QED) is 0.186. The molecule has 0 N–H and O–H groups in total. The van der Waals surface area contributed by atoms with Gasteiger partial charge in [0.15, 0.2) is 17.5 Å². The molecule has 0 amide bonds. The maximum atomic E-state index is 5.14. The predicted molar refractivity (Wildman–Crippen MR) is 223 cm³/mol. The van der Waals surface area contributed by atoms with Crippen molar-refractivity contribution in [3.63, 3.8) is 0 Å². The highest BCUT2D eigenvalue weighted by Gasteiger charge is 2.21. The van der Waals surface area contributed by atoms with Crippen LogP contribution in [-0.4, -0.2) is 23.8 Å². The third kappa shape index (κ3) is 4.06. The molecule has 8 aromatic carbocycles. The van der Waals surface area contributed by atoms with Crippen LogP contribution >= 0.6 is 0 Å². The maximum Gasteiger partial charge on any atom is 0.164 e. The molecule has 0 unspecified atom stereocenters. The van der Waals surface area contributed by atoms with Gasteiger partial charge in [0.1, 0.15) is 0 Å². The molecule has 54 heavy (non-hydrogen) atoms. The number of aromatic nitrogens is 5. The van der Waals surface area contributed by atoms with Gasteiger partial charge in [-0.05, 0) is 41.1 Å². The predicted octanol–water partition coefficient (Wildman–Crippen LogP) is 12.3. The number of para-hydroxylation sites is 3. The van der Waals surface area contributed by atoms with E-state index >= 15 is 0 Å². The Kier molecular flexibility index (Phi) is 5.99. The van der Waals surface area contributed by atoms with Gasteiger partial charge in [0.05, 0.1) is 33.1 Å². The largest absolute Gasteiger partial charge is 0.307 e. The summed E-state index contributed by atoms with van der Waals surface area (Å²) >= 11 is 0. The van der Waals surface area contributed by atoms with Crippen LogP contribution in [0.25, 0.3) is 110 Å². The van der Waals surface area contributed by atoms with E-state index in [9.17, 15) is 0 Å². The summed E-state index contributed by atoms with van der Waals surface area (Å²) in [6.45, 7) is 0. The van der Waals surface area contributed by atoms with Gasteiger partial charge in [0, 0.05) is 49.0 Å². The SMILES string of the molecule is c1ccc(-c2nc(-c3ccccc3)nc(-c3ccc4c5cc6ccccc6c6c7ccccc7n(c7cccc8c9ccccc9n(c4c3)c87)c56)n2)cc1. The van der Waals surface area contributed by atoms with Gasteiger partial charge in [-0.2, -0.15) is 0 Å². The van der Waals surface area contributed by atoms with Crippen LogP contribution in [0.1, 0.15) is 0 Å². The van der Waals surface area contributed by atoms with Gasteiger partial charge in [-0.15, -0.1) is 0 Å². The highest BCUT2D eigenvalue weighted by atomic mass is 15.0. The molecule has 12 rings (SSSR count). The molecule has 0 bridgehead atoms. The van der Waals surface area contributed by atoms with Crippen LogP contribution in [0, 0.1) is 0 Å². The lowest BCUT2D eigenvalue weighted by atomic mass is 9.98. The van der Waals surface area contributed by atoms with Crippen molar-refractivity contribution in [3.8, 4) is 34.2 Å². The molecule has 0 saturated carbocycles. The second-order valence-electron chi connectivity index (χ2n) is 14.0. The van der Waals surface area contributed by atoms with E-state index in [-0.39, 0.29) is 0 Å². The van der Waals surface area contributed by atoms with Crippen molar-refractivity contribution in [3.05, 3.63) is 176 Å². The van der Waals surface area contributed by atoms with E-state index in [1.165, 1.54) is 54.3 Å². The van der Waals surface area contributed by atoms with Crippen LogP contribution in [0.3, 0.4) is 0 Å². The Morgan fingerprint density at radius 1 is 0.296 bits per heavy atom. The molecule has 250 valence electrons. The summed E-state index contributed by atoms with van der Waals surface area (Å²) in [4.78, 5) is 15.3. The minimum atomic E-state index is 0.631. The fraction of sp³-hybridized carbons (Fsp3) is 0. The summed E-state index contributed by atoms with van der Waals surface area (Å²) in [5.41, 5.74) is 9.79. The van der Waals surface area contributed by atoms with Gasteiger partial charge in [-0.3, -0.25) is 0 Å². The lowest BCUT2D eigenvalue weighted by molar-refractivity contribution is 1.07. The summed E-state index contributed by atoms with van der Waals surface area (Å²) in [6.07, 6.45) is 0. The number of nitrogens with zero attached hydrogens (tertiary/aromatic N) is 5.